The number of rotatable bonds is 11. The van der Waals surface area contributed by atoms with Crippen molar-refractivity contribution in [1.29, 1.82) is 0 Å². The molecule has 3 fully saturated rings. The predicted octanol–water partition coefficient (Wildman–Crippen LogP) is 7.20. The third-order valence-corrected chi connectivity index (χ3v) is 12.1. The average Bonchev–Trinajstić information content (AvgIpc) is 3.71. The molecule has 62 heavy (non-hydrogen) atoms. The van der Waals surface area contributed by atoms with Gasteiger partial charge < -0.3 is 48.0 Å². The minimum absolute atomic E-state index is 0.0338. The molecule has 334 valence electrons. The Kier molecular flexibility index (Phi) is 15.1. The Morgan fingerprint density at radius 1 is 0.887 bits per heavy atom. The van der Waals surface area contributed by atoms with Crippen LogP contribution < -0.4 is 24.0 Å². The fourth-order valence-corrected chi connectivity index (χ4v) is 8.96. The van der Waals surface area contributed by atoms with Gasteiger partial charge in [-0.05, 0) is 75.4 Å². The van der Waals surface area contributed by atoms with Gasteiger partial charge in [0.05, 0.1) is 36.7 Å². The Morgan fingerprint density at radius 2 is 1.65 bits per heavy atom. The highest BCUT2D eigenvalue weighted by atomic mass is 35.5. The second kappa shape index (κ2) is 20.9. The number of carbonyl (C=O) groups is 4. The van der Waals surface area contributed by atoms with Crippen LogP contribution >= 0.6 is 11.6 Å². The number of amides is 4. The standard InChI is InChI=1S/C45H55N5O10.CH3Cl/c1-4-24-58-45(54)50-36-29-39(38(55-3)27-33(36)42(52)49-18-9-7-14-34(49)43(50)60-41-16-8-10-25-57-41)56-26-11-15-40(51)48-19-17-31-30-12-5-6-13-32(30)37(28-35(31)48)59-44(53)47-22-20-46(2)21-23-47;1-2/h4-6,12-13,27-29,34,41,43H,1,7-11,14-26H2,2-3H3;1H3. The maximum absolute atomic E-state index is 14.3. The van der Waals surface area contributed by atoms with Gasteiger partial charge in [-0.15, -0.1) is 11.6 Å². The van der Waals surface area contributed by atoms with Crippen LogP contribution in [0.3, 0.4) is 0 Å². The van der Waals surface area contributed by atoms with Crippen molar-refractivity contribution in [3.8, 4) is 17.2 Å². The van der Waals surface area contributed by atoms with E-state index in [1.807, 2.05) is 37.4 Å². The molecule has 16 heteroatoms. The molecule has 0 spiro atoms. The molecule has 0 radical (unpaired) electrons. The summed E-state index contributed by atoms with van der Waals surface area (Å²) in [4.78, 5) is 64.3. The van der Waals surface area contributed by atoms with Crippen LogP contribution in [0.4, 0.5) is 21.0 Å². The second-order valence-corrected chi connectivity index (χ2v) is 16.0. The van der Waals surface area contributed by atoms with Gasteiger partial charge in [0.1, 0.15) is 12.4 Å². The first-order chi connectivity index (χ1) is 30.2. The van der Waals surface area contributed by atoms with E-state index in [4.69, 9.17) is 28.4 Å². The number of halogens is 1. The number of anilines is 2. The fraction of sp³-hybridized carbons (Fsp3) is 0.522. The highest BCUT2D eigenvalue weighted by Gasteiger charge is 2.47. The largest absolute Gasteiger partial charge is 0.493 e. The minimum atomic E-state index is -0.883. The summed E-state index contributed by atoms with van der Waals surface area (Å²) in [6.45, 7) is 8.12. The molecule has 3 atom stereocenters. The molecule has 3 aromatic rings. The molecular formula is C46H58ClN5O10. The van der Waals surface area contributed by atoms with E-state index in [2.05, 4.69) is 23.1 Å². The van der Waals surface area contributed by atoms with Gasteiger partial charge in [-0.3, -0.25) is 9.59 Å². The van der Waals surface area contributed by atoms with Crippen molar-refractivity contribution in [3.63, 3.8) is 0 Å². The zero-order valence-electron chi connectivity index (χ0n) is 36.0. The van der Waals surface area contributed by atoms with Crippen LogP contribution in [0.1, 0.15) is 67.3 Å². The number of likely N-dealkylation sites (N-methyl/N-ethyl adjacent to an activating group) is 1. The number of hydrogen-bond acceptors (Lipinski definition) is 11. The first kappa shape index (κ1) is 44.9. The molecule has 0 aromatic heterocycles. The van der Waals surface area contributed by atoms with Gasteiger partial charge in [0, 0.05) is 76.2 Å². The molecule has 0 bridgehead atoms. The lowest BCUT2D eigenvalue weighted by Gasteiger charge is -2.42. The Morgan fingerprint density at radius 3 is 2.39 bits per heavy atom. The number of fused-ring (bicyclic) bond motifs is 5. The lowest BCUT2D eigenvalue weighted by Crippen LogP contribution is -2.57. The molecule has 8 rings (SSSR count). The number of ether oxygens (including phenoxy) is 6. The normalized spacial score (nSPS) is 21.2. The van der Waals surface area contributed by atoms with Gasteiger partial charge in [-0.25, -0.2) is 14.5 Å². The highest BCUT2D eigenvalue weighted by molar-refractivity contribution is 6.15. The van der Waals surface area contributed by atoms with Gasteiger partial charge in [-0.1, -0.05) is 36.9 Å². The Bertz CT molecular complexity index is 2110. The van der Waals surface area contributed by atoms with Crippen LogP contribution in [0.15, 0.2) is 55.1 Å². The van der Waals surface area contributed by atoms with Gasteiger partial charge in [0.25, 0.3) is 5.91 Å². The van der Waals surface area contributed by atoms with Gasteiger partial charge in [-0.2, -0.15) is 0 Å². The van der Waals surface area contributed by atoms with Crippen LogP contribution in [-0.2, 0) is 25.4 Å². The average molecular weight is 876 g/mol. The van der Waals surface area contributed by atoms with E-state index in [-0.39, 0.29) is 42.7 Å². The Labute approximate surface area is 368 Å². The number of benzene rings is 3. The van der Waals surface area contributed by atoms with Crippen LogP contribution in [0, 0.1) is 0 Å². The molecule has 3 saturated heterocycles. The van der Waals surface area contributed by atoms with Crippen LogP contribution in [0.5, 0.6) is 17.2 Å². The van der Waals surface area contributed by atoms with Crippen molar-refractivity contribution >= 4 is 57.7 Å². The zero-order valence-corrected chi connectivity index (χ0v) is 36.7. The number of hydrogen-bond donors (Lipinski definition) is 0. The summed E-state index contributed by atoms with van der Waals surface area (Å²) in [5, 5.41) is 1.79. The Balaban J connectivity index is 0.00000285. The van der Waals surface area contributed by atoms with Gasteiger partial charge >= 0.3 is 12.2 Å². The summed E-state index contributed by atoms with van der Waals surface area (Å²) >= 11 is 4.64. The third-order valence-electron chi connectivity index (χ3n) is 12.1. The van der Waals surface area contributed by atoms with Crippen molar-refractivity contribution in [2.75, 3.05) is 89.4 Å². The number of methoxy groups -OCH3 is 1. The summed E-state index contributed by atoms with van der Waals surface area (Å²) in [5.41, 5.74) is 2.33. The monoisotopic (exact) mass is 875 g/mol. The van der Waals surface area contributed by atoms with Crippen LogP contribution in [0.25, 0.3) is 10.8 Å². The molecule has 5 heterocycles. The molecule has 5 aliphatic heterocycles. The maximum atomic E-state index is 14.3. The first-order valence-electron chi connectivity index (χ1n) is 21.6. The summed E-state index contributed by atoms with van der Waals surface area (Å²) in [6, 6.07) is 12.5. The summed E-state index contributed by atoms with van der Waals surface area (Å²) in [5.74, 6) is 0.729. The summed E-state index contributed by atoms with van der Waals surface area (Å²) < 4.78 is 36.3. The van der Waals surface area contributed by atoms with Crippen molar-refractivity contribution in [2.24, 2.45) is 0 Å². The van der Waals surface area contributed by atoms with E-state index in [1.165, 1.54) is 24.5 Å². The van der Waals surface area contributed by atoms with Crippen molar-refractivity contribution in [2.45, 2.75) is 76.3 Å². The van der Waals surface area contributed by atoms with Gasteiger partial charge in [0.15, 0.2) is 24.0 Å². The quantitative estimate of drug-likeness (QED) is 0.110. The van der Waals surface area contributed by atoms with Crippen LogP contribution in [-0.4, -0.2) is 137 Å². The zero-order chi connectivity index (χ0) is 43.8. The molecule has 3 unspecified atom stereocenters. The third kappa shape index (κ3) is 9.60. The number of nitrogens with zero attached hydrogens (tertiary/aromatic N) is 5. The lowest BCUT2D eigenvalue weighted by molar-refractivity contribution is -0.198. The van der Waals surface area contributed by atoms with Crippen molar-refractivity contribution in [1.82, 2.24) is 14.7 Å². The molecule has 15 nitrogen and oxygen atoms in total. The van der Waals surface area contributed by atoms with E-state index in [0.29, 0.717) is 75.7 Å². The van der Waals surface area contributed by atoms with E-state index in [0.717, 1.165) is 60.8 Å². The highest BCUT2D eigenvalue weighted by Crippen LogP contribution is 2.43. The molecule has 0 aliphatic carbocycles. The maximum Gasteiger partial charge on any atom is 0.416 e. The van der Waals surface area contributed by atoms with E-state index < -0.39 is 30.7 Å². The second-order valence-electron chi connectivity index (χ2n) is 16.0. The first-order valence-corrected chi connectivity index (χ1v) is 22.4. The number of alkyl halides is 1. The molecule has 4 amide bonds. The molecule has 0 saturated carbocycles. The van der Waals surface area contributed by atoms with Crippen molar-refractivity contribution < 1.29 is 47.6 Å². The molecule has 3 aromatic carbocycles. The minimum Gasteiger partial charge on any atom is -0.493 e. The number of piperidine rings is 1. The fourth-order valence-electron chi connectivity index (χ4n) is 8.96. The summed E-state index contributed by atoms with van der Waals surface area (Å²) in [6.07, 6.45) is 6.53. The topological polar surface area (TPSA) is 140 Å². The van der Waals surface area contributed by atoms with Gasteiger partial charge in [0.2, 0.25) is 5.91 Å². The molecule has 5 aliphatic rings. The Hall–Kier alpha value is -5.09. The number of carbonyl (C=O) groups excluding carboxylic acids is 4. The van der Waals surface area contributed by atoms with E-state index >= 15 is 0 Å². The summed E-state index contributed by atoms with van der Waals surface area (Å²) in [7, 11) is 3.53. The predicted molar refractivity (Wildman–Crippen MR) is 236 cm³/mol. The molecule has 0 N–H and O–H groups in total. The van der Waals surface area contributed by atoms with E-state index in [1.54, 1.807) is 26.8 Å². The smallest absolute Gasteiger partial charge is 0.416 e. The van der Waals surface area contributed by atoms with Crippen molar-refractivity contribution in [3.05, 3.63) is 66.2 Å². The molecular weight excluding hydrogens is 818 g/mol. The SMILES string of the molecule is C=CCOC(=O)N1c2cc(OCCCC(=O)N3CCc4c3cc(OC(=O)N3CCN(C)CC3)c3ccccc43)c(OC)cc2C(=O)N2CCCCC2C1OC1CCCCO1.CCl. The van der Waals surface area contributed by atoms with E-state index in [9.17, 15) is 19.2 Å². The number of piperazine rings is 1. The lowest BCUT2D eigenvalue weighted by atomic mass is 10.00. The van der Waals surface area contributed by atoms with Crippen LogP contribution in [0.2, 0.25) is 0 Å².